The number of aryl methyl sites for hydroxylation is 1. The number of pyridine rings is 1. The molecule has 4 heteroatoms. The summed E-state index contributed by atoms with van der Waals surface area (Å²) in [5.41, 5.74) is 0.692. The van der Waals surface area contributed by atoms with E-state index in [2.05, 4.69) is 4.98 Å². The summed E-state index contributed by atoms with van der Waals surface area (Å²) in [4.78, 5) is 4.57. The van der Waals surface area contributed by atoms with Crippen LogP contribution in [0.25, 0.3) is 0 Å². The van der Waals surface area contributed by atoms with Crippen LogP contribution in [0.5, 0.6) is 0 Å². The van der Waals surface area contributed by atoms with Crippen molar-refractivity contribution in [3.8, 4) is 0 Å². The van der Waals surface area contributed by atoms with Crippen LogP contribution in [0.4, 0.5) is 0 Å². The zero-order valence-corrected chi connectivity index (χ0v) is 9.61. The lowest BCUT2D eigenvalue weighted by Crippen LogP contribution is -2.02. The normalized spacial score (nSPS) is 11.3. The molecule has 0 saturated carbocycles. The van der Waals surface area contributed by atoms with E-state index in [1.54, 1.807) is 43.3 Å². The van der Waals surface area contributed by atoms with Crippen molar-refractivity contribution in [3.05, 3.63) is 54.4 Å². The van der Waals surface area contributed by atoms with Crippen molar-refractivity contribution in [1.82, 2.24) is 4.98 Å². The summed E-state index contributed by atoms with van der Waals surface area (Å²) < 4.78 is 24.3. The Morgan fingerprint density at radius 2 is 1.69 bits per heavy atom. The summed E-state index contributed by atoms with van der Waals surface area (Å²) in [5, 5.41) is 0. The van der Waals surface area contributed by atoms with E-state index in [-0.39, 0.29) is 4.90 Å². The molecule has 0 fully saturated rings. The Morgan fingerprint density at radius 1 is 1.00 bits per heavy atom. The van der Waals surface area contributed by atoms with E-state index in [9.17, 15) is 8.42 Å². The van der Waals surface area contributed by atoms with Gasteiger partial charge in [-0.15, -0.1) is 0 Å². The second-order valence-electron chi connectivity index (χ2n) is 3.45. The number of hydrogen-bond donors (Lipinski definition) is 0. The number of sulfone groups is 1. The third-order valence-corrected chi connectivity index (χ3v) is 4.00. The topological polar surface area (TPSA) is 47.0 Å². The molecule has 0 radical (unpaired) electrons. The summed E-state index contributed by atoms with van der Waals surface area (Å²) in [6.45, 7) is 1.77. The first-order valence-electron chi connectivity index (χ1n) is 4.83. The van der Waals surface area contributed by atoms with Gasteiger partial charge in [-0.2, -0.15) is 0 Å². The molecular formula is C12H11NO2S. The first kappa shape index (κ1) is 10.8. The molecule has 82 valence electrons. The molecule has 1 aromatic carbocycles. The van der Waals surface area contributed by atoms with Crippen molar-refractivity contribution < 1.29 is 8.42 Å². The van der Waals surface area contributed by atoms with Crippen molar-refractivity contribution in [2.45, 2.75) is 16.7 Å². The molecule has 0 spiro atoms. The Bertz CT molecular complexity index is 591. The number of rotatable bonds is 2. The van der Waals surface area contributed by atoms with E-state index in [0.717, 1.165) is 0 Å². The molecule has 2 rings (SSSR count). The Morgan fingerprint density at radius 3 is 2.31 bits per heavy atom. The largest absolute Gasteiger partial charge is 0.262 e. The molecule has 0 atom stereocenters. The fourth-order valence-electron chi connectivity index (χ4n) is 1.42. The summed E-state index contributed by atoms with van der Waals surface area (Å²) >= 11 is 0. The molecule has 0 amide bonds. The minimum Gasteiger partial charge on any atom is -0.262 e. The molecule has 0 aliphatic heterocycles. The Hall–Kier alpha value is -1.68. The van der Waals surface area contributed by atoms with Gasteiger partial charge in [0.1, 0.15) is 0 Å². The molecule has 16 heavy (non-hydrogen) atoms. The number of aromatic nitrogens is 1. The van der Waals surface area contributed by atoms with E-state index in [1.807, 2.05) is 0 Å². The quantitative estimate of drug-likeness (QED) is 0.799. The Balaban J connectivity index is 2.56. The zero-order valence-electron chi connectivity index (χ0n) is 8.79. The van der Waals surface area contributed by atoms with E-state index in [4.69, 9.17) is 0 Å². The van der Waals surface area contributed by atoms with Crippen LogP contribution in [-0.4, -0.2) is 13.4 Å². The van der Waals surface area contributed by atoms with Crippen LogP contribution in [-0.2, 0) is 9.84 Å². The summed E-state index contributed by atoms with van der Waals surface area (Å²) in [5.74, 6) is 0. The highest BCUT2D eigenvalue weighted by Gasteiger charge is 2.16. The van der Waals surface area contributed by atoms with Gasteiger partial charge in [0.25, 0.3) is 0 Å². The predicted octanol–water partition coefficient (Wildman–Crippen LogP) is 2.22. The molecule has 0 unspecified atom stereocenters. The van der Waals surface area contributed by atoms with Crippen LogP contribution < -0.4 is 0 Å². The van der Waals surface area contributed by atoms with Crippen LogP contribution >= 0.6 is 0 Å². The van der Waals surface area contributed by atoms with Gasteiger partial charge in [-0.25, -0.2) is 8.42 Å². The van der Waals surface area contributed by atoms with Gasteiger partial charge in [0.05, 0.1) is 9.79 Å². The molecule has 3 nitrogen and oxygen atoms in total. The lowest BCUT2D eigenvalue weighted by Gasteiger charge is -2.04. The molecule has 0 aliphatic carbocycles. The van der Waals surface area contributed by atoms with Gasteiger partial charge in [-0.1, -0.05) is 18.2 Å². The van der Waals surface area contributed by atoms with Gasteiger partial charge >= 0.3 is 0 Å². The van der Waals surface area contributed by atoms with Crippen LogP contribution in [0.3, 0.4) is 0 Å². The molecule has 0 aliphatic rings. The van der Waals surface area contributed by atoms with E-state index in [1.165, 1.54) is 12.3 Å². The average Bonchev–Trinajstić information content (AvgIpc) is 2.30. The van der Waals surface area contributed by atoms with Crippen molar-refractivity contribution in [2.24, 2.45) is 0 Å². The van der Waals surface area contributed by atoms with Crippen LogP contribution in [0.1, 0.15) is 5.69 Å². The SMILES string of the molecule is Cc1cc(S(=O)(=O)c2ccccc2)ccn1. The lowest BCUT2D eigenvalue weighted by molar-refractivity contribution is 0.596. The van der Waals surface area contributed by atoms with Gasteiger partial charge in [0.2, 0.25) is 9.84 Å². The first-order chi connectivity index (χ1) is 7.60. The van der Waals surface area contributed by atoms with Gasteiger partial charge in [-0.05, 0) is 31.2 Å². The van der Waals surface area contributed by atoms with Crippen molar-refractivity contribution >= 4 is 9.84 Å². The Kier molecular flexibility index (Phi) is 2.75. The smallest absolute Gasteiger partial charge is 0.206 e. The molecule has 1 heterocycles. The Labute approximate surface area is 94.7 Å². The first-order valence-corrected chi connectivity index (χ1v) is 6.32. The van der Waals surface area contributed by atoms with Crippen molar-refractivity contribution in [3.63, 3.8) is 0 Å². The maximum Gasteiger partial charge on any atom is 0.206 e. The van der Waals surface area contributed by atoms with Gasteiger partial charge in [-0.3, -0.25) is 4.98 Å². The average molecular weight is 233 g/mol. The van der Waals surface area contributed by atoms with Crippen LogP contribution in [0.15, 0.2) is 58.5 Å². The molecule has 1 aromatic heterocycles. The fraction of sp³-hybridized carbons (Fsp3) is 0.0833. The highest BCUT2D eigenvalue weighted by molar-refractivity contribution is 7.91. The third-order valence-electron chi connectivity index (χ3n) is 2.23. The summed E-state index contributed by atoms with van der Waals surface area (Å²) in [7, 11) is -3.40. The van der Waals surface area contributed by atoms with E-state index < -0.39 is 9.84 Å². The molecule has 0 N–H and O–H groups in total. The van der Waals surface area contributed by atoms with Crippen molar-refractivity contribution in [2.75, 3.05) is 0 Å². The maximum atomic E-state index is 12.2. The predicted molar refractivity (Wildman–Crippen MR) is 60.9 cm³/mol. The zero-order chi connectivity index (χ0) is 11.6. The second-order valence-corrected chi connectivity index (χ2v) is 5.40. The molecule has 2 aromatic rings. The van der Waals surface area contributed by atoms with E-state index >= 15 is 0 Å². The number of hydrogen-bond acceptors (Lipinski definition) is 3. The molecule has 0 saturated heterocycles. The van der Waals surface area contributed by atoms with Gasteiger partial charge < -0.3 is 0 Å². The van der Waals surface area contributed by atoms with Gasteiger partial charge in [0.15, 0.2) is 0 Å². The number of benzene rings is 1. The highest BCUT2D eigenvalue weighted by Crippen LogP contribution is 2.19. The molecular weight excluding hydrogens is 222 g/mol. The molecule has 0 bridgehead atoms. The fourth-order valence-corrected chi connectivity index (χ4v) is 2.78. The van der Waals surface area contributed by atoms with E-state index in [0.29, 0.717) is 10.6 Å². The van der Waals surface area contributed by atoms with Crippen LogP contribution in [0.2, 0.25) is 0 Å². The second kappa shape index (κ2) is 4.06. The maximum absolute atomic E-state index is 12.2. The monoisotopic (exact) mass is 233 g/mol. The lowest BCUT2D eigenvalue weighted by atomic mass is 10.4. The van der Waals surface area contributed by atoms with Crippen LogP contribution in [0, 0.1) is 6.92 Å². The van der Waals surface area contributed by atoms with Crippen molar-refractivity contribution in [1.29, 1.82) is 0 Å². The summed E-state index contributed by atoms with van der Waals surface area (Å²) in [6.07, 6.45) is 1.51. The minimum atomic E-state index is -3.40. The number of nitrogens with zero attached hydrogens (tertiary/aromatic N) is 1. The highest BCUT2D eigenvalue weighted by atomic mass is 32.2. The summed E-state index contributed by atoms with van der Waals surface area (Å²) in [6, 6.07) is 11.5. The standard InChI is InChI=1S/C12H11NO2S/c1-10-9-12(7-8-13-10)16(14,15)11-5-3-2-4-6-11/h2-9H,1H3. The third kappa shape index (κ3) is 1.97. The van der Waals surface area contributed by atoms with Gasteiger partial charge in [0, 0.05) is 11.9 Å². The minimum absolute atomic E-state index is 0.284.